The van der Waals surface area contributed by atoms with Crippen molar-refractivity contribution in [1.29, 1.82) is 0 Å². The van der Waals surface area contributed by atoms with E-state index in [0.29, 0.717) is 12.6 Å². The Morgan fingerprint density at radius 1 is 1.40 bits per heavy atom. The van der Waals surface area contributed by atoms with Gasteiger partial charge in [-0.15, -0.1) is 0 Å². The van der Waals surface area contributed by atoms with Gasteiger partial charge in [0.2, 0.25) is 0 Å². The van der Waals surface area contributed by atoms with Crippen LogP contribution in [-0.2, 0) is 4.74 Å². The van der Waals surface area contributed by atoms with E-state index in [-0.39, 0.29) is 6.10 Å². The highest BCUT2D eigenvalue weighted by molar-refractivity contribution is 5.26. The van der Waals surface area contributed by atoms with E-state index in [0.717, 1.165) is 32.0 Å². The highest BCUT2D eigenvalue weighted by Crippen LogP contribution is 2.11. The molecule has 1 fully saturated rings. The zero-order valence-electron chi connectivity index (χ0n) is 12.8. The van der Waals surface area contributed by atoms with Gasteiger partial charge in [0, 0.05) is 25.7 Å². The summed E-state index contributed by atoms with van der Waals surface area (Å²) in [5, 5.41) is 3.48. The number of hydrogen-bond acceptors (Lipinski definition) is 4. The lowest BCUT2D eigenvalue weighted by molar-refractivity contribution is -0.0195. The van der Waals surface area contributed by atoms with E-state index in [4.69, 9.17) is 9.47 Å². The molecule has 1 aromatic carbocycles. The molecule has 1 N–H and O–H groups in total. The molecule has 4 heteroatoms. The van der Waals surface area contributed by atoms with Gasteiger partial charge in [0.1, 0.15) is 12.4 Å². The molecule has 0 bridgehead atoms. The SMILES string of the molecule is Cc1ccc(OCC(C)NCC2CN(C)CCO2)cc1. The Labute approximate surface area is 122 Å². The fourth-order valence-electron chi connectivity index (χ4n) is 2.24. The summed E-state index contributed by atoms with van der Waals surface area (Å²) in [7, 11) is 2.14. The second-order valence-corrected chi connectivity index (χ2v) is 5.69. The van der Waals surface area contributed by atoms with Gasteiger partial charge >= 0.3 is 0 Å². The molecular formula is C16H26N2O2. The molecule has 1 saturated heterocycles. The molecule has 0 aromatic heterocycles. The summed E-state index contributed by atoms with van der Waals surface area (Å²) in [5.74, 6) is 0.929. The van der Waals surface area contributed by atoms with Crippen LogP contribution in [0.4, 0.5) is 0 Å². The first-order valence-electron chi connectivity index (χ1n) is 7.36. The minimum absolute atomic E-state index is 0.288. The molecule has 2 unspecified atom stereocenters. The average Bonchev–Trinajstić information content (AvgIpc) is 2.45. The quantitative estimate of drug-likeness (QED) is 0.858. The minimum atomic E-state index is 0.288. The summed E-state index contributed by atoms with van der Waals surface area (Å²) in [4.78, 5) is 2.31. The molecule has 0 radical (unpaired) electrons. The second-order valence-electron chi connectivity index (χ2n) is 5.69. The van der Waals surface area contributed by atoms with Crippen LogP contribution >= 0.6 is 0 Å². The smallest absolute Gasteiger partial charge is 0.119 e. The highest BCUT2D eigenvalue weighted by Gasteiger charge is 2.17. The number of ether oxygens (including phenoxy) is 2. The molecule has 112 valence electrons. The summed E-state index contributed by atoms with van der Waals surface area (Å²) in [6.07, 6.45) is 0.288. The molecule has 1 aliphatic rings. The summed E-state index contributed by atoms with van der Waals surface area (Å²) in [5.41, 5.74) is 1.25. The Morgan fingerprint density at radius 3 is 2.85 bits per heavy atom. The van der Waals surface area contributed by atoms with Crippen molar-refractivity contribution in [2.24, 2.45) is 0 Å². The maximum atomic E-state index is 5.77. The van der Waals surface area contributed by atoms with Crippen molar-refractivity contribution in [1.82, 2.24) is 10.2 Å². The van der Waals surface area contributed by atoms with Crippen LogP contribution < -0.4 is 10.1 Å². The van der Waals surface area contributed by atoms with Gasteiger partial charge in [0.25, 0.3) is 0 Å². The van der Waals surface area contributed by atoms with Crippen LogP contribution in [-0.4, -0.2) is 56.9 Å². The third-order valence-corrected chi connectivity index (χ3v) is 3.56. The first-order valence-corrected chi connectivity index (χ1v) is 7.36. The predicted molar refractivity (Wildman–Crippen MR) is 81.4 cm³/mol. The molecular weight excluding hydrogens is 252 g/mol. The van der Waals surface area contributed by atoms with E-state index in [1.165, 1.54) is 5.56 Å². The zero-order valence-corrected chi connectivity index (χ0v) is 12.8. The molecule has 2 rings (SSSR count). The molecule has 1 aliphatic heterocycles. The topological polar surface area (TPSA) is 33.7 Å². The summed E-state index contributed by atoms with van der Waals surface area (Å²) >= 11 is 0. The fraction of sp³-hybridized carbons (Fsp3) is 0.625. The molecule has 0 saturated carbocycles. The molecule has 0 aliphatic carbocycles. The number of benzene rings is 1. The average molecular weight is 278 g/mol. The van der Waals surface area contributed by atoms with Gasteiger partial charge < -0.3 is 19.7 Å². The van der Waals surface area contributed by atoms with Crippen molar-refractivity contribution >= 4 is 0 Å². The van der Waals surface area contributed by atoms with Crippen molar-refractivity contribution in [2.75, 3.05) is 39.9 Å². The standard InChI is InChI=1S/C16H26N2O2/c1-13-4-6-15(7-5-13)20-12-14(2)17-10-16-11-18(3)8-9-19-16/h4-7,14,16-17H,8-12H2,1-3H3. The number of nitrogens with zero attached hydrogens (tertiary/aromatic N) is 1. The Balaban J connectivity index is 1.65. The molecule has 0 amide bonds. The number of nitrogens with one attached hydrogen (secondary N) is 1. The van der Waals surface area contributed by atoms with E-state index >= 15 is 0 Å². The van der Waals surface area contributed by atoms with Gasteiger partial charge in [0.15, 0.2) is 0 Å². The highest BCUT2D eigenvalue weighted by atomic mass is 16.5. The van der Waals surface area contributed by atoms with E-state index in [1.54, 1.807) is 0 Å². The molecule has 20 heavy (non-hydrogen) atoms. The van der Waals surface area contributed by atoms with Gasteiger partial charge in [-0.2, -0.15) is 0 Å². The van der Waals surface area contributed by atoms with E-state index in [2.05, 4.69) is 43.2 Å². The molecule has 0 spiro atoms. The van der Waals surface area contributed by atoms with Crippen LogP contribution in [0.3, 0.4) is 0 Å². The van der Waals surface area contributed by atoms with Crippen LogP contribution in [0.5, 0.6) is 5.75 Å². The van der Waals surface area contributed by atoms with Crippen LogP contribution in [0.25, 0.3) is 0 Å². The summed E-state index contributed by atoms with van der Waals surface area (Å²) in [6, 6.07) is 8.48. The Hall–Kier alpha value is -1.10. The number of aryl methyl sites for hydroxylation is 1. The molecule has 1 heterocycles. The fourth-order valence-corrected chi connectivity index (χ4v) is 2.24. The van der Waals surface area contributed by atoms with Gasteiger partial charge in [-0.1, -0.05) is 17.7 Å². The lowest BCUT2D eigenvalue weighted by atomic mass is 10.2. The van der Waals surface area contributed by atoms with Crippen LogP contribution in [0.2, 0.25) is 0 Å². The normalized spacial score (nSPS) is 21.6. The second kappa shape index (κ2) is 7.62. The molecule has 2 atom stereocenters. The van der Waals surface area contributed by atoms with E-state index in [9.17, 15) is 0 Å². The number of likely N-dealkylation sites (N-methyl/N-ethyl adjacent to an activating group) is 1. The predicted octanol–water partition coefficient (Wildman–Crippen LogP) is 1.68. The van der Waals surface area contributed by atoms with Gasteiger partial charge in [-0.3, -0.25) is 0 Å². The lowest BCUT2D eigenvalue weighted by Gasteiger charge is -2.31. The first-order chi connectivity index (χ1) is 9.63. The van der Waals surface area contributed by atoms with Crippen LogP contribution in [0.15, 0.2) is 24.3 Å². The largest absolute Gasteiger partial charge is 0.492 e. The van der Waals surface area contributed by atoms with Crippen molar-refractivity contribution in [3.05, 3.63) is 29.8 Å². The van der Waals surface area contributed by atoms with Crippen molar-refractivity contribution in [2.45, 2.75) is 26.0 Å². The Morgan fingerprint density at radius 2 is 2.15 bits per heavy atom. The molecule has 4 nitrogen and oxygen atoms in total. The van der Waals surface area contributed by atoms with Gasteiger partial charge in [0.05, 0.1) is 12.7 Å². The lowest BCUT2D eigenvalue weighted by Crippen LogP contribution is -2.47. The number of morpholine rings is 1. The minimum Gasteiger partial charge on any atom is -0.492 e. The van der Waals surface area contributed by atoms with Crippen LogP contribution in [0, 0.1) is 6.92 Å². The third kappa shape index (κ3) is 5.12. The maximum Gasteiger partial charge on any atom is 0.119 e. The first kappa shape index (κ1) is 15.3. The third-order valence-electron chi connectivity index (χ3n) is 3.56. The summed E-state index contributed by atoms with van der Waals surface area (Å²) in [6.45, 7) is 8.63. The van der Waals surface area contributed by atoms with E-state index < -0.39 is 0 Å². The maximum absolute atomic E-state index is 5.77. The monoisotopic (exact) mass is 278 g/mol. The number of rotatable bonds is 6. The molecule has 1 aromatic rings. The summed E-state index contributed by atoms with van der Waals surface area (Å²) < 4.78 is 11.5. The van der Waals surface area contributed by atoms with Gasteiger partial charge in [-0.25, -0.2) is 0 Å². The zero-order chi connectivity index (χ0) is 14.4. The van der Waals surface area contributed by atoms with Crippen molar-refractivity contribution in [3.63, 3.8) is 0 Å². The van der Waals surface area contributed by atoms with E-state index in [1.807, 2.05) is 12.1 Å². The Bertz CT molecular complexity index is 394. The van der Waals surface area contributed by atoms with Crippen LogP contribution in [0.1, 0.15) is 12.5 Å². The van der Waals surface area contributed by atoms with Crippen molar-refractivity contribution in [3.8, 4) is 5.75 Å². The Kier molecular flexibility index (Phi) is 5.83. The van der Waals surface area contributed by atoms with Crippen molar-refractivity contribution < 1.29 is 9.47 Å². The number of hydrogen-bond donors (Lipinski definition) is 1. The van der Waals surface area contributed by atoms with Gasteiger partial charge in [-0.05, 0) is 33.0 Å².